The predicted octanol–water partition coefficient (Wildman–Crippen LogP) is 5.46. The van der Waals surface area contributed by atoms with Gasteiger partial charge in [0.15, 0.2) is 0 Å². The normalized spacial score (nSPS) is 16.6. The predicted molar refractivity (Wildman–Crippen MR) is 163 cm³/mol. The van der Waals surface area contributed by atoms with Crippen LogP contribution in [0.4, 0.5) is 23.7 Å². The summed E-state index contributed by atoms with van der Waals surface area (Å²) in [6.07, 6.45) is -8.37. The van der Waals surface area contributed by atoms with Gasteiger partial charge in [-0.2, -0.15) is 13.2 Å². The third-order valence-electron chi connectivity index (χ3n) is 7.09. The zero-order valence-electron chi connectivity index (χ0n) is 25.8. The lowest BCUT2D eigenvalue weighted by atomic mass is 9.89. The number of nitrogens with two attached hydrogens (primary N) is 1. The molecule has 0 aromatic heterocycles. The molecule has 3 aromatic carbocycles. The second-order valence-electron chi connectivity index (χ2n) is 10.3. The number of carbonyl (C=O) groups is 5. The molecular weight excluding hydrogens is 641 g/mol. The first-order chi connectivity index (χ1) is 22.7. The van der Waals surface area contributed by atoms with E-state index in [2.05, 4.69) is 0 Å². The Bertz CT molecular complexity index is 1530. The standard InChI is InChI=1S/C18H14O8.C15H19F3N2O2/c19-15(20)13(25-17(23)11-7-3-1-4-8-11)14(16(21)22)26-18(24)12-9-5-2-6-10-12;1-3-10-8-12(19)11-7-9(15(16,17)18)5-6-13(11)20(10)14(21)22-4-2/h1-10,13-14H,(H,19,20)(H,21,22);5-7,10,12H,3-4,8,19H2,1-2H3/t13-,14-;/m0./s1. The highest BCUT2D eigenvalue weighted by Gasteiger charge is 2.41. The smallest absolute Gasteiger partial charge is 0.416 e. The number of aliphatic carboxylic acids is 2. The number of hydrogen-bond donors (Lipinski definition) is 3. The van der Waals surface area contributed by atoms with Gasteiger partial charge < -0.3 is 30.2 Å². The fourth-order valence-corrected chi connectivity index (χ4v) is 4.76. The Morgan fingerprint density at radius 2 is 1.31 bits per heavy atom. The number of anilines is 1. The molecule has 0 radical (unpaired) electrons. The lowest BCUT2D eigenvalue weighted by Crippen LogP contribution is -2.46. The van der Waals surface area contributed by atoms with Crippen molar-refractivity contribution in [1.82, 2.24) is 0 Å². The van der Waals surface area contributed by atoms with E-state index in [1.165, 1.54) is 59.5 Å². The average Bonchev–Trinajstić information content (AvgIpc) is 3.06. The SMILES string of the molecule is CCOC(=O)N1c2ccc(C(F)(F)F)cc2C(N)CC1CC.O=C(O[C@H](C(=O)O)[C@H](OC(=O)c1ccccc1)C(=O)O)c1ccccc1. The van der Waals surface area contributed by atoms with Crippen LogP contribution in [0.1, 0.15) is 64.6 Å². The van der Waals surface area contributed by atoms with Gasteiger partial charge in [-0.1, -0.05) is 43.3 Å². The lowest BCUT2D eigenvalue weighted by Gasteiger charge is -2.39. The number of amides is 1. The summed E-state index contributed by atoms with van der Waals surface area (Å²) < 4.78 is 53.1. The molecule has 256 valence electrons. The molecule has 1 amide bonds. The first kappa shape index (κ1) is 37.0. The number of fused-ring (bicyclic) bond motifs is 1. The molecule has 12 nitrogen and oxygen atoms in total. The van der Waals surface area contributed by atoms with E-state index in [0.29, 0.717) is 24.1 Å². The van der Waals surface area contributed by atoms with E-state index < -0.39 is 60.0 Å². The van der Waals surface area contributed by atoms with Gasteiger partial charge in [-0.25, -0.2) is 24.0 Å². The van der Waals surface area contributed by atoms with Crippen LogP contribution < -0.4 is 10.6 Å². The van der Waals surface area contributed by atoms with E-state index in [-0.39, 0.29) is 23.8 Å². The third kappa shape index (κ3) is 9.31. The van der Waals surface area contributed by atoms with E-state index in [4.69, 9.17) is 19.9 Å². The quantitative estimate of drug-likeness (QED) is 0.194. The van der Waals surface area contributed by atoms with Crippen molar-refractivity contribution < 1.29 is 61.6 Å². The first-order valence-electron chi connectivity index (χ1n) is 14.6. The minimum Gasteiger partial charge on any atom is -0.478 e. The molecule has 15 heteroatoms. The van der Waals surface area contributed by atoms with Gasteiger partial charge >= 0.3 is 36.1 Å². The molecule has 1 heterocycles. The minimum atomic E-state index is -4.44. The van der Waals surface area contributed by atoms with Crippen LogP contribution in [0.2, 0.25) is 0 Å². The van der Waals surface area contributed by atoms with E-state index in [1.54, 1.807) is 19.1 Å². The summed E-state index contributed by atoms with van der Waals surface area (Å²) in [7, 11) is 0. The summed E-state index contributed by atoms with van der Waals surface area (Å²) in [6.45, 7) is 3.79. The summed E-state index contributed by atoms with van der Waals surface area (Å²) >= 11 is 0. The number of hydrogen-bond acceptors (Lipinski definition) is 9. The first-order valence-corrected chi connectivity index (χ1v) is 14.6. The van der Waals surface area contributed by atoms with Crippen LogP contribution in [-0.4, -0.2) is 65.0 Å². The molecule has 2 unspecified atom stereocenters. The van der Waals surface area contributed by atoms with Crippen molar-refractivity contribution in [3.63, 3.8) is 0 Å². The monoisotopic (exact) mass is 674 g/mol. The molecule has 0 aliphatic carbocycles. The second kappa shape index (κ2) is 16.4. The Morgan fingerprint density at radius 1 is 0.833 bits per heavy atom. The third-order valence-corrected chi connectivity index (χ3v) is 7.09. The van der Waals surface area contributed by atoms with Gasteiger partial charge in [-0.15, -0.1) is 0 Å². The molecule has 4 atom stereocenters. The summed E-state index contributed by atoms with van der Waals surface area (Å²) in [4.78, 5) is 60.4. The van der Waals surface area contributed by atoms with Gasteiger partial charge in [0.1, 0.15) is 0 Å². The van der Waals surface area contributed by atoms with Crippen molar-refractivity contribution in [2.24, 2.45) is 5.73 Å². The van der Waals surface area contributed by atoms with E-state index in [1.807, 2.05) is 6.92 Å². The van der Waals surface area contributed by atoms with Gasteiger partial charge in [0.2, 0.25) is 12.2 Å². The molecular formula is C33H33F3N2O10. The van der Waals surface area contributed by atoms with E-state index in [0.717, 1.165) is 12.1 Å². The van der Waals surface area contributed by atoms with Crippen molar-refractivity contribution >= 4 is 35.7 Å². The highest BCUT2D eigenvalue weighted by Crippen LogP contribution is 2.41. The van der Waals surface area contributed by atoms with Gasteiger partial charge in [-0.3, -0.25) is 4.90 Å². The fraction of sp³-hybridized carbons (Fsp3) is 0.303. The molecule has 0 fully saturated rings. The van der Waals surface area contributed by atoms with E-state index >= 15 is 0 Å². The van der Waals surface area contributed by atoms with Crippen molar-refractivity contribution in [2.45, 2.75) is 57.2 Å². The van der Waals surface area contributed by atoms with Crippen molar-refractivity contribution in [3.8, 4) is 0 Å². The minimum absolute atomic E-state index is 0.0253. The molecule has 0 saturated carbocycles. The Kier molecular flexibility index (Phi) is 12.7. The number of carboxylic acids is 2. The Hall–Kier alpha value is -5.44. The number of rotatable bonds is 9. The number of carbonyl (C=O) groups excluding carboxylic acids is 3. The van der Waals surface area contributed by atoms with E-state index in [9.17, 15) is 47.4 Å². The number of esters is 2. The van der Waals surface area contributed by atoms with Gasteiger partial charge in [0.25, 0.3) is 0 Å². The molecule has 0 bridgehead atoms. The number of nitrogens with zero attached hydrogens (tertiary/aromatic N) is 1. The van der Waals surface area contributed by atoms with Gasteiger partial charge in [0.05, 0.1) is 29.0 Å². The van der Waals surface area contributed by atoms with Crippen molar-refractivity contribution in [1.29, 1.82) is 0 Å². The molecule has 3 aromatic rings. The maximum atomic E-state index is 12.9. The number of halogens is 3. The molecule has 4 N–H and O–H groups in total. The molecule has 1 aliphatic heterocycles. The van der Waals surface area contributed by atoms with Crippen LogP contribution >= 0.6 is 0 Å². The largest absolute Gasteiger partial charge is 0.478 e. The maximum Gasteiger partial charge on any atom is 0.416 e. The molecule has 0 saturated heterocycles. The summed E-state index contributed by atoms with van der Waals surface area (Å²) in [5.41, 5.74) is 6.03. The summed E-state index contributed by atoms with van der Waals surface area (Å²) in [5, 5.41) is 18.5. The zero-order valence-corrected chi connectivity index (χ0v) is 25.8. The van der Waals surface area contributed by atoms with Gasteiger partial charge in [-0.05, 0) is 67.8 Å². The van der Waals surface area contributed by atoms with Crippen LogP contribution in [0.5, 0.6) is 0 Å². The number of carboxylic acid groups (broad SMARTS) is 2. The van der Waals surface area contributed by atoms with Crippen LogP contribution in [-0.2, 0) is 30.0 Å². The molecule has 4 rings (SSSR count). The number of benzene rings is 3. The highest BCUT2D eigenvalue weighted by molar-refractivity contribution is 5.95. The maximum absolute atomic E-state index is 12.9. The molecule has 0 spiro atoms. The Morgan fingerprint density at radius 3 is 1.71 bits per heavy atom. The van der Waals surface area contributed by atoms with Crippen LogP contribution in [0, 0.1) is 0 Å². The topological polar surface area (TPSA) is 183 Å². The molecule has 1 aliphatic rings. The fourth-order valence-electron chi connectivity index (χ4n) is 4.76. The summed E-state index contributed by atoms with van der Waals surface area (Å²) in [5.74, 6) is -5.63. The number of alkyl halides is 3. The lowest BCUT2D eigenvalue weighted by molar-refractivity contribution is -0.166. The Labute approximate surface area is 272 Å². The Balaban J connectivity index is 0.000000264. The van der Waals surface area contributed by atoms with Crippen molar-refractivity contribution in [2.75, 3.05) is 11.5 Å². The zero-order chi connectivity index (χ0) is 35.6. The van der Waals surface area contributed by atoms with Gasteiger partial charge in [0, 0.05) is 12.1 Å². The average molecular weight is 675 g/mol. The molecule has 48 heavy (non-hydrogen) atoms. The second-order valence-corrected chi connectivity index (χ2v) is 10.3. The number of ether oxygens (including phenoxy) is 3. The van der Waals surface area contributed by atoms with Crippen LogP contribution in [0.25, 0.3) is 0 Å². The van der Waals surface area contributed by atoms with Crippen molar-refractivity contribution in [3.05, 3.63) is 101 Å². The van der Waals surface area contributed by atoms with Crippen LogP contribution in [0.15, 0.2) is 78.9 Å². The van der Waals surface area contributed by atoms with Crippen LogP contribution in [0.3, 0.4) is 0 Å². The summed E-state index contributed by atoms with van der Waals surface area (Å²) in [6, 6.07) is 17.4. The highest BCUT2D eigenvalue weighted by atomic mass is 19.4.